The summed E-state index contributed by atoms with van der Waals surface area (Å²) in [6, 6.07) is 0. The van der Waals surface area contributed by atoms with Crippen molar-refractivity contribution in [3.05, 3.63) is 0 Å². The summed E-state index contributed by atoms with van der Waals surface area (Å²) in [6.07, 6.45) is -23.3. The Kier molecular flexibility index (Phi) is 5.37. The molecule has 0 rings (SSSR count). The van der Waals surface area contributed by atoms with E-state index in [0.29, 0.717) is 6.92 Å². The SMILES string of the molecule is CCSC(F)(F)C(F)(F)C(C(F)(F)F)(C(F)(F)F)C(F)(F)F. The minimum absolute atomic E-state index is 0.630. The Balaban J connectivity index is 6.83. The Hall–Kier alpha value is -0.560. The standard InChI is InChI=1S/C8H5F13S/c1-2-22-8(20,21)4(9,10)3(5(11,12)13,6(14,15)16)7(17,18)19/h2H2,1H3. The molecule has 0 bridgehead atoms. The van der Waals surface area contributed by atoms with Gasteiger partial charge in [0, 0.05) is 0 Å². The first kappa shape index (κ1) is 21.4. The van der Waals surface area contributed by atoms with Crippen molar-refractivity contribution in [2.45, 2.75) is 36.6 Å². The predicted octanol–water partition coefficient (Wildman–Crippen LogP) is 5.64. The lowest BCUT2D eigenvalue weighted by atomic mass is 9.78. The first-order valence-corrected chi connectivity index (χ1v) is 5.89. The molecule has 0 fully saturated rings. The average molecular weight is 380 g/mol. The summed E-state index contributed by atoms with van der Waals surface area (Å²) >= 11 is -1.47. The van der Waals surface area contributed by atoms with E-state index >= 15 is 0 Å². The highest BCUT2D eigenvalue weighted by Crippen LogP contribution is 2.70. The van der Waals surface area contributed by atoms with E-state index in [1.54, 1.807) is 0 Å². The summed E-state index contributed by atoms with van der Waals surface area (Å²) in [4.78, 5) is 0. The molecule has 0 aromatic heterocycles. The van der Waals surface area contributed by atoms with Gasteiger partial charge in [0.05, 0.1) is 0 Å². The Morgan fingerprint density at radius 3 is 1.05 bits per heavy atom. The molecule has 0 atom stereocenters. The Morgan fingerprint density at radius 2 is 0.864 bits per heavy atom. The van der Waals surface area contributed by atoms with Crippen molar-refractivity contribution in [2.75, 3.05) is 5.75 Å². The average Bonchev–Trinajstić information content (AvgIpc) is 2.08. The van der Waals surface area contributed by atoms with Crippen LogP contribution in [0.25, 0.3) is 0 Å². The first-order valence-electron chi connectivity index (χ1n) is 4.91. The van der Waals surface area contributed by atoms with E-state index in [0.717, 1.165) is 0 Å². The van der Waals surface area contributed by atoms with Crippen LogP contribution >= 0.6 is 11.8 Å². The third kappa shape index (κ3) is 2.82. The van der Waals surface area contributed by atoms with E-state index in [-0.39, 0.29) is 0 Å². The van der Waals surface area contributed by atoms with E-state index in [2.05, 4.69) is 0 Å². The van der Waals surface area contributed by atoms with Gasteiger partial charge in [0.15, 0.2) is 0 Å². The highest BCUT2D eigenvalue weighted by Gasteiger charge is 2.97. The van der Waals surface area contributed by atoms with Gasteiger partial charge in [-0.25, -0.2) is 0 Å². The van der Waals surface area contributed by atoms with Gasteiger partial charge in [-0.05, 0) is 5.75 Å². The number of halogens is 13. The summed E-state index contributed by atoms with van der Waals surface area (Å²) in [7, 11) is 0. The lowest BCUT2D eigenvalue weighted by Crippen LogP contribution is -2.72. The molecule has 0 aliphatic rings. The van der Waals surface area contributed by atoms with Gasteiger partial charge in [0.1, 0.15) is 0 Å². The maximum atomic E-state index is 13.3. The molecule has 14 heteroatoms. The highest BCUT2D eigenvalue weighted by atomic mass is 32.2. The minimum atomic E-state index is -7.91. The zero-order chi connectivity index (χ0) is 18.4. The maximum absolute atomic E-state index is 13.3. The third-order valence-corrected chi connectivity index (χ3v) is 3.35. The molecule has 0 N–H and O–H groups in total. The van der Waals surface area contributed by atoms with Gasteiger partial charge >= 0.3 is 35.1 Å². The van der Waals surface area contributed by atoms with Crippen LogP contribution in [0, 0.1) is 5.41 Å². The third-order valence-electron chi connectivity index (χ3n) is 2.44. The van der Waals surface area contributed by atoms with Gasteiger partial charge in [0.25, 0.3) is 0 Å². The van der Waals surface area contributed by atoms with Crippen LogP contribution in [-0.4, -0.2) is 35.5 Å². The summed E-state index contributed by atoms with van der Waals surface area (Å²) in [6.45, 7) is 0.630. The van der Waals surface area contributed by atoms with Crippen LogP contribution < -0.4 is 0 Å². The summed E-state index contributed by atoms with van der Waals surface area (Å²) < 4.78 is 164. The van der Waals surface area contributed by atoms with E-state index in [4.69, 9.17) is 0 Å². The van der Waals surface area contributed by atoms with E-state index < -0.39 is 52.6 Å². The van der Waals surface area contributed by atoms with Crippen LogP contribution in [-0.2, 0) is 0 Å². The van der Waals surface area contributed by atoms with Crippen LogP contribution in [0.4, 0.5) is 57.1 Å². The molecule has 0 heterocycles. The van der Waals surface area contributed by atoms with Crippen LogP contribution in [0.5, 0.6) is 0 Å². The van der Waals surface area contributed by atoms with Gasteiger partial charge in [-0.3, -0.25) is 0 Å². The Labute approximate surface area is 118 Å². The number of hydrogen-bond donors (Lipinski definition) is 0. The molecule has 0 aliphatic carbocycles. The van der Waals surface area contributed by atoms with Crippen molar-refractivity contribution < 1.29 is 57.1 Å². The monoisotopic (exact) mass is 380 g/mol. The normalized spacial score (nSPS) is 16.1. The quantitative estimate of drug-likeness (QED) is 0.569. The Bertz CT molecular complexity index is 350. The van der Waals surface area contributed by atoms with Crippen molar-refractivity contribution in [1.82, 2.24) is 0 Å². The van der Waals surface area contributed by atoms with Crippen LogP contribution in [0.3, 0.4) is 0 Å². The van der Waals surface area contributed by atoms with Crippen molar-refractivity contribution in [3.63, 3.8) is 0 Å². The minimum Gasteiger partial charge on any atom is -0.197 e. The smallest absolute Gasteiger partial charge is 0.197 e. The fourth-order valence-electron chi connectivity index (χ4n) is 1.51. The first-order chi connectivity index (χ1) is 9.31. The molecular formula is C8H5F13S. The van der Waals surface area contributed by atoms with Gasteiger partial charge in [-0.15, -0.1) is 0 Å². The highest BCUT2D eigenvalue weighted by molar-refractivity contribution is 8.00. The molecule has 0 spiro atoms. The molecule has 0 radical (unpaired) electrons. The largest absolute Gasteiger partial charge is 0.418 e. The molecule has 0 nitrogen and oxygen atoms in total. The zero-order valence-electron chi connectivity index (χ0n) is 10.0. The molecule has 22 heavy (non-hydrogen) atoms. The van der Waals surface area contributed by atoms with Gasteiger partial charge < -0.3 is 0 Å². The number of hydrogen-bond acceptors (Lipinski definition) is 1. The molecule has 0 aliphatic heterocycles. The predicted molar refractivity (Wildman–Crippen MR) is 48.6 cm³/mol. The zero-order valence-corrected chi connectivity index (χ0v) is 10.8. The van der Waals surface area contributed by atoms with Gasteiger partial charge in [-0.1, -0.05) is 18.7 Å². The lowest BCUT2D eigenvalue weighted by molar-refractivity contribution is -0.489. The van der Waals surface area contributed by atoms with E-state index in [9.17, 15) is 57.1 Å². The van der Waals surface area contributed by atoms with Crippen molar-refractivity contribution in [1.29, 1.82) is 0 Å². The van der Waals surface area contributed by atoms with Crippen LogP contribution in [0.15, 0.2) is 0 Å². The summed E-state index contributed by atoms with van der Waals surface area (Å²) in [5.41, 5.74) is -7.91. The van der Waals surface area contributed by atoms with Crippen LogP contribution in [0.2, 0.25) is 0 Å². The van der Waals surface area contributed by atoms with Crippen LogP contribution in [0.1, 0.15) is 6.92 Å². The number of rotatable bonds is 4. The fraction of sp³-hybridized carbons (Fsp3) is 1.00. The Morgan fingerprint density at radius 1 is 0.591 bits per heavy atom. The topological polar surface area (TPSA) is 0 Å². The fourth-order valence-corrected chi connectivity index (χ4v) is 2.20. The number of alkyl halides is 13. The second kappa shape index (κ2) is 5.51. The molecule has 0 saturated carbocycles. The second-order valence-corrected chi connectivity index (χ2v) is 5.15. The van der Waals surface area contributed by atoms with Gasteiger partial charge in [0.2, 0.25) is 0 Å². The number of thioether (sulfide) groups is 1. The van der Waals surface area contributed by atoms with Crippen molar-refractivity contribution >= 4 is 11.8 Å². The molecule has 0 aromatic carbocycles. The summed E-state index contributed by atoms with van der Waals surface area (Å²) in [5, 5.41) is -6.28. The summed E-state index contributed by atoms with van der Waals surface area (Å²) in [5.74, 6) is -8.69. The lowest BCUT2D eigenvalue weighted by Gasteiger charge is -2.45. The van der Waals surface area contributed by atoms with Gasteiger partial charge in [-0.2, -0.15) is 57.1 Å². The van der Waals surface area contributed by atoms with Crippen molar-refractivity contribution in [2.24, 2.45) is 5.41 Å². The molecule has 0 saturated heterocycles. The second-order valence-electron chi connectivity index (χ2n) is 3.77. The molecule has 0 amide bonds. The molecule has 134 valence electrons. The van der Waals surface area contributed by atoms with Crippen molar-refractivity contribution in [3.8, 4) is 0 Å². The molecular weight excluding hydrogens is 375 g/mol. The molecule has 0 unspecified atom stereocenters. The molecule has 0 aromatic rings. The maximum Gasteiger partial charge on any atom is 0.418 e. The van der Waals surface area contributed by atoms with E-state index in [1.165, 1.54) is 0 Å². The van der Waals surface area contributed by atoms with E-state index in [1.807, 2.05) is 0 Å².